The average Bonchev–Trinajstić information content (AvgIpc) is 3.57. The van der Waals surface area contributed by atoms with E-state index in [1.54, 1.807) is 30.0 Å². The third kappa shape index (κ3) is 5.55. The van der Waals surface area contributed by atoms with Gasteiger partial charge in [0, 0.05) is 36.5 Å². The van der Waals surface area contributed by atoms with Gasteiger partial charge in [-0.2, -0.15) is 4.98 Å². The van der Waals surface area contributed by atoms with Crippen LogP contribution in [-0.2, 0) is 11.3 Å². The van der Waals surface area contributed by atoms with Crippen LogP contribution in [0.15, 0.2) is 65.0 Å². The Balaban J connectivity index is 1.78. The van der Waals surface area contributed by atoms with Gasteiger partial charge in [-0.1, -0.05) is 25.2 Å². The molecule has 0 bridgehead atoms. The highest BCUT2D eigenvalue weighted by atomic mass is 16.5. The Morgan fingerprint density at radius 2 is 2.09 bits per heavy atom. The van der Waals surface area contributed by atoms with Gasteiger partial charge in [0.15, 0.2) is 0 Å². The van der Waals surface area contributed by atoms with Gasteiger partial charge in [-0.05, 0) is 57.2 Å². The molecule has 0 aliphatic heterocycles. The van der Waals surface area contributed by atoms with Gasteiger partial charge < -0.3 is 14.0 Å². The van der Waals surface area contributed by atoms with E-state index >= 15 is 0 Å². The van der Waals surface area contributed by atoms with Gasteiger partial charge in [0.2, 0.25) is 5.88 Å². The van der Waals surface area contributed by atoms with Crippen LogP contribution in [0.25, 0.3) is 11.1 Å². The molecule has 0 N–H and O–H groups in total. The number of rotatable bonds is 10. The van der Waals surface area contributed by atoms with E-state index < -0.39 is 0 Å². The van der Waals surface area contributed by atoms with E-state index in [9.17, 15) is 4.79 Å². The minimum atomic E-state index is -0.0270. The van der Waals surface area contributed by atoms with Crippen LogP contribution in [0.2, 0.25) is 0 Å². The molecule has 2 aromatic heterocycles. The highest BCUT2D eigenvalue weighted by molar-refractivity contribution is 5.66. The molecule has 2 unspecified atom stereocenters. The number of methoxy groups -OCH3 is 1. The second-order valence-corrected chi connectivity index (χ2v) is 8.15. The smallest absolute Gasteiger partial charge is 0.250 e. The molecule has 6 nitrogen and oxygen atoms in total. The Morgan fingerprint density at radius 3 is 2.78 bits per heavy atom. The van der Waals surface area contributed by atoms with E-state index in [4.69, 9.17) is 9.47 Å². The SMILES string of the molecule is C=C(CC)C(=CC=C(C)OC)C1CC1COc1nc(C)ncc1-c1ccc(=O)n(CC)c1. The fourth-order valence-electron chi connectivity index (χ4n) is 3.68. The maximum atomic E-state index is 12.0. The van der Waals surface area contributed by atoms with Gasteiger partial charge in [-0.3, -0.25) is 4.79 Å². The second-order valence-electron chi connectivity index (χ2n) is 8.15. The van der Waals surface area contributed by atoms with Gasteiger partial charge in [-0.15, -0.1) is 0 Å². The maximum Gasteiger partial charge on any atom is 0.250 e. The van der Waals surface area contributed by atoms with Crippen molar-refractivity contribution in [2.24, 2.45) is 11.8 Å². The number of allylic oxidation sites excluding steroid dienone is 5. The predicted octanol–water partition coefficient (Wildman–Crippen LogP) is 5.09. The highest BCUT2D eigenvalue weighted by Crippen LogP contribution is 2.47. The summed E-state index contributed by atoms with van der Waals surface area (Å²) < 4.78 is 13.1. The first kappa shape index (κ1) is 23.5. The largest absolute Gasteiger partial charge is 0.501 e. The third-order valence-electron chi connectivity index (χ3n) is 5.92. The van der Waals surface area contributed by atoms with Crippen LogP contribution in [0.1, 0.15) is 39.4 Å². The molecule has 2 aromatic rings. The lowest BCUT2D eigenvalue weighted by molar-refractivity contribution is 0.284. The number of hydrogen-bond donors (Lipinski definition) is 0. The molecule has 0 saturated heterocycles. The van der Waals surface area contributed by atoms with E-state index in [2.05, 4.69) is 29.5 Å². The Labute approximate surface area is 190 Å². The number of hydrogen-bond acceptors (Lipinski definition) is 5. The van der Waals surface area contributed by atoms with Crippen molar-refractivity contribution in [1.29, 1.82) is 0 Å². The Morgan fingerprint density at radius 1 is 1.31 bits per heavy atom. The molecule has 1 aliphatic rings. The van der Waals surface area contributed by atoms with Crippen molar-refractivity contribution in [2.75, 3.05) is 13.7 Å². The molecule has 2 heterocycles. The van der Waals surface area contributed by atoms with Crippen molar-refractivity contribution in [3.8, 4) is 17.0 Å². The summed E-state index contributed by atoms with van der Waals surface area (Å²) in [6.07, 6.45) is 9.71. The second kappa shape index (κ2) is 10.4. The zero-order valence-electron chi connectivity index (χ0n) is 19.7. The molecule has 6 heteroatoms. The van der Waals surface area contributed by atoms with Gasteiger partial charge in [-0.25, -0.2) is 4.98 Å². The monoisotopic (exact) mass is 435 g/mol. The lowest BCUT2D eigenvalue weighted by Crippen LogP contribution is -2.17. The quantitative estimate of drug-likeness (QED) is 0.384. The van der Waals surface area contributed by atoms with Crippen molar-refractivity contribution in [2.45, 2.75) is 47.1 Å². The first-order valence-electron chi connectivity index (χ1n) is 11.2. The molecule has 0 aromatic carbocycles. The topological polar surface area (TPSA) is 66.2 Å². The standard InChI is InChI=1S/C26H33N3O3/c1-7-17(3)22(11-9-18(4)31-6)23-13-21(23)16-32-26-24(14-27-19(5)28-26)20-10-12-25(30)29(8-2)15-20/h9-12,14-15,21,23H,3,7-8,13,16H2,1-2,4-6H3. The van der Waals surface area contributed by atoms with Crippen molar-refractivity contribution in [3.63, 3.8) is 0 Å². The molecular formula is C26H33N3O3. The molecule has 2 atom stereocenters. The average molecular weight is 436 g/mol. The van der Waals surface area contributed by atoms with Crippen LogP contribution in [0.5, 0.6) is 5.88 Å². The molecule has 1 aliphatic carbocycles. The highest BCUT2D eigenvalue weighted by Gasteiger charge is 2.40. The van der Waals surface area contributed by atoms with Crippen LogP contribution < -0.4 is 10.3 Å². The van der Waals surface area contributed by atoms with E-state index in [1.807, 2.05) is 33.0 Å². The number of aromatic nitrogens is 3. The molecule has 170 valence electrons. The first-order valence-corrected chi connectivity index (χ1v) is 11.2. The third-order valence-corrected chi connectivity index (χ3v) is 5.92. The van der Waals surface area contributed by atoms with Crippen LogP contribution in [0.4, 0.5) is 0 Å². The van der Waals surface area contributed by atoms with E-state index in [-0.39, 0.29) is 5.56 Å². The van der Waals surface area contributed by atoms with Gasteiger partial charge >= 0.3 is 0 Å². The first-order chi connectivity index (χ1) is 15.4. The van der Waals surface area contributed by atoms with Crippen LogP contribution in [-0.4, -0.2) is 28.3 Å². The predicted molar refractivity (Wildman–Crippen MR) is 128 cm³/mol. The van der Waals surface area contributed by atoms with E-state index in [0.29, 0.717) is 36.7 Å². The maximum absolute atomic E-state index is 12.0. The summed E-state index contributed by atoms with van der Waals surface area (Å²) in [4.78, 5) is 20.9. The Kier molecular flexibility index (Phi) is 7.67. The molecule has 1 fully saturated rings. The van der Waals surface area contributed by atoms with Crippen molar-refractivity contribution < 1.29 is 9.47 Å². The van der Waals surface area contributed by atoms with Crippen LogP contribution >= 0.6 is 0 Å². The molecular weight excluding hydrogens is 402 g/mol. The van der Waals surface area contributed by atoms with Gasteiger partial charge in [0.1, 0.15) is 5.82 Å². The minimum Gasteiger partial charge on any atom is -0.501 e. The van der Waals surface area contributed by atoms with Crippen LogP contribution in [0.3, 0.4) is 0 Å². The lowest BCUT2D eigenvalue weighted by Gasteiger charge is -2.13. The number of pyridine rings is 1. The van der Waals surface area contributed by atoms with Crippen molar-refractivity contribution in [1.82, 2.24) is 14.5 Å². The fraction of sp³-hybridized carbons (Fsp3) is 0.423. The van der Waals surface area contributed by atoms with E-state index in [1.165, 1.54) is 5.57 Å². The lowest BCUT2D eigenvalue weighted by atomic mass is 9.99. The van der Waals surface area contributed by atoms with Gasteiger partial charge in [0.05, 0.1) is 25.0 Å². The number of nitrogens with zero attached hydrogens (tertiary/aromatic N) is 3. The normalized spacial score (nSPS) is 18.4. The summed E-state index contributed by atoms with van der Waals surface area (Å²) in [6.45, 7) is 13.3. The molecule has 32 heavy (non-hydrogen) atoms. The molecule has 1 saturated carbocycles. The zero-order valence-corrected chi connectivity index (χ0v) is 19.7. The summed E-state index contributed by atoms with van der Waals surface area (Å²) >= 11 is 0. The number of ether oxygens (including phenoxy) is 2. The molecule has 0 amide bonds. The van der Waals surface area contributed by atoms with E-state index in [0.717, 1.165) is 35.3 Å². The Hall–Kier alpha value is -3.15. The Bertz CT molecular complexity index is 1100. The molecule has 0 spiro atoms. The fourth-order valence-corrected chi connectivity index (χ4v) is 3.68. The summed E-state index contributed by atoms with van der Waals surface area (Å²) in [5, 5.41) is 0. The summed E-state index contributed by atoms with van der Waals surface area (Å²) in [5.74, 6) is 2.92. The zero-order chi connectivity index (χ0) is 23.3. The molecule has 3 rings (SSSR count). The molecule has 0 radical (unpaired) electrons. The van der Waals surface area contributed by atoms with Gasteiger partial charge in [0.25, 0.3) is 5.56 Å². The van der Waals surface area contributed by atoms with Crippen molar-refractivity contribution >= 4 is 0 Å². The van der Waals surface area contributed by atoms with Crippen molar-refractivity contribution in [3.05, 3.63) is 76.3 Å². The summed E-state index contributed by atoms with van der Waals surface area (Å²) in [7, 11) is 1.68. The van der Waals surface area contributed by atoms with Crippen LogP contribution in [0, 0.1) is 18.8 Å². The summed E-state index contributed by atoms with van der Waals surface area (Å²) in [6, 6.07) is 3.37. The minimum absolute atomic E-state index is 0.0270. The number of aryl methyl sites for hydroxylation is 2. The summed E-state index contributed by atoms with van der Waals surface area (Å²) in [5.41, 5.74) is 4.06.